The summed E-state index contributed by atoms with van der Waals surface area (Å²) in [6, 6.07) is 22.2. The van der Waals surface area contributed by atoms with Crippen LogP contribution in [0.1, 0.15) is 41.1 Å². The van der Waals surface area contributed by atoms with E-state index in [2.05, 4.69) is 40.0 Å². The quantitative estimate of drug-likeness (QED) is 0.0631. The third-order valence-corrected chi connectivity index (χ3v) is 15.1. The van der Waals surface area contributed by atoms with Gasteiger partial charge in [-0.05, 0) is 100 Å². The largest absolute Gasteiger partial charge is 0.491 e. The summed E-state index contributed by atoms with van der Waals surface area (Å²) in [5.74, 6) is 1.61. The van der Waals surface area contributed by atoms with E-state index in [4.69, 9.17) is 29.0 Å². The zero-order chi connectivity index (χ0) is 56.7. The number of halogens is 3. The predicted molar refractivity (Wildman–Crippen MR) is 290 cm³/mol. The number of β-amino-alcohol motifs (C(OH)–C–C–N with tert-alkyl or cyclic N) is 2. The molecule has 21 nitrogen and oxygen atoms in total. The summed E-state index contributed by atoms with van der Waals surface area (Å²) in [5.41, 5.74) is 6.46. The van der Waals surface area contributed by atoms with Crippen molar-refractivity contribution in [1.29, 1.82) is 0 Å². The van der Waals surface area contributed by atoms with Crippen molar-refractivity contribution in [3.05, 3.63) is 112 Å². The molecule has 2 aliphatic heterocycles. The molecule has 8 aromatic rings. The Labute approximate surface area is 465 Å². The summed E-state index contributed by atoms with van der Waals surface area (Å²) >= 11 is 3.25. The van der Waals surface area contributed by atoms with Crippen molar-refractivity contribution in [1.82, 2.24) is 49.8 Å². The first-order valence-corrected chi connectivity index (χ1v) is 27.2. The van der Waals surface area contributed by atoms with Crippen molar-refractivity contribution in [3.8, 4) is 40.1 Å². The zero-order valence-corrected chi connectivity index (χ0v) is 45.8. The number of ether oxygens (including phenoxy) is 3. The molecule has 5 N–H and O–H groups in total. The van der Waals surface area contributed by atoms with Crippen LogP contribution in [0.4, 0.5) is 13.2 Å². The number of rotatable bonds is 20. The lowest BCUT2D eigenvalue weighted by Gasteiger charge is -2.40. The van der Waals surface area contributed by atoms with E-state index in [0.717, 1.165) is 74.3 Å². The molecule has 2 fully saturated rings. The van der Waals surface area contributed by atoms with E-state index >= 15 is 0 Å². The second-order valence-corrected chi connectivity index (χ2v) is 22.4. The first-order chi connectivity index (χ1) is 38.2. The number of thiazole rings is 2. The number of primary amides is 1. The highest BCUT2D eigenvalue weighted by Crippen LogP contribution is 2.32. The molecule has 80 heavy (non-hydrogen) atoms. The van der Waals surface area contributed by atoms with Gasteiger partial charge in [0.2, 0.25) is 17.6 Å². The number of alkyl halides is 3. The SMILES string of the molecule is Cc1nc2cc(OC[C@@H](O)CN3CCN(Cc4nc(-c5ccc(OC(C)(C)C(=O)O)cc5)no4)CC3)ccc2s1.Cc1nc2cc(OC[C@@H](O)CN3CCN(Cc4noc(-c5ccc(C(F)(F)F)cc5)n4)CC3C(N)=O)ccc2s1. The molecule has 0 aliphatic carbocycles. The second kappa shape index (κ2) is 25.1. The fraction of sp³-hybridized carbons (Fsp3) is 0.407. The molecule has 10 rings (SSSR count). The molecule has 26 heteroatoms. The number of benzene rings is 4. The molecule has 6 heterocycles. The van der Waals surface area contributed by atoms with E-state index < -0.39 is 47.5 Å². The Morgan fingerprint density at radius 1 is 0.700 bits per heavy atom. The summed E-state index contributed by atoms with van der Waals surface area (Å²) in [7, 11) is 0. The van der Waals surface area contributed by atoms with Crippen LogP contribution in [0.3, 0.4) is 0 Å². The van der Waals surface area contributed by atoms with Gasteiger partial charge in [-0.15, -0.1) is 22.7 Å². The minimum atomic E-state index is -4.43. The fourth-order valence-corrected chi connectivity index (χ4v) is 10.6. The molecule has 3 atom stereocenters. The minimum Gasteiger partial charge on any atom is -0.491 e. The maximum atomic E-state index is 12.8. The van der Waals surface area contributed by atoms with Gasteiger partial charge < -0.3 is 44.3 Å². The van der Waals surface area contributed by atoms with E-state index in [1.54, 1.807) is 46.9 Å². The summed E-state index contributed by atoms with van der Waals surface area (Å²) in [6.07, 6.45) is -5.88. The number of hydrogen-bond acceptors (Lipinski definition) is 21. The van der Waals surface area contributed by atoms with Crippen LogP contribution in [0.25, 0.3) is 43.3 Å². The van der Waals surface area contributed by atoms with Crippen molar-refractivity contribution in [2.24, 2.45) is 5.73 Å². The molecule has 2 aliphatic rings. The molecule has 4 aromatic heterocycles. The Morgan fingerprint density at radius 3 is 1.85 bits per heavy atom. The number of aryl methyl sites for hydroxylation is 2. The third kappa shape index (κ3) is 15.2. The van der Waals surface area contributed by atoms with Gasteiger partial charge in [0, 0.05) is 82.2 Å². The number of carbonyl (C=O) groups excluding carboxylic acids is 1. The Hall–Kier alpha value is -7.17. The van der Waals surface area contributed by atoms with E-state index in [1.165, 1.54) is 26.0 Å². The molecule has 424 valence electrons. The number of aromatic nitrogens is 6. The van der Waals surface area contributed by atoms with Crippen LogP contribution in [-0.2, 0) is 28.9 Å². The lowest BCUT2D eigenvalue weighted by atomic mass is 10.1. The Kier molecular flexibility index (Phi) is 18.0. The van der Waals surface area contributed by atoms with Gasteiger partial charge in [0.15, 0.2) is 11.4 Å². The topological polar surface area (TPSA) is 265 Å². The number of aliphatic hydroxyl groups is 2. The molecular weight excluding hydrogens is 1080 g/mol. The Balaban J connectivity index is 0.000000194. The fourth-order valence-electron chi connectivity index (χ4n) is 9.00. The van der Waals surface area contributed by atoms with Crippen molar-refractivity contribution in [3.63, 3.8) is 0 Å². The Bertz CT molecular complexity index is 3370. The normalized spacial score (nSPS) is 16.8. The third-order valence-electron chi connectivity index (χ3n) is 13.2. The summed E-state index contributed by atoms with van der Waals surface area (Å²) in [6.45, 7) is 13.3. The molecule has 4 aromatic carbocycles. The number of piperazine rings is 2. The van der Waals surface area contributed by atoms with Gasteiger partial charge in [0.05, 0.1) is 49.1 Å². The standard InChI is InChI=1S/C28H33N5O6S.C26H27F3N6O4S/c1-18-29-23-14-22(8-9-24(23)40-18)37-17-20(34)15-32-10-12-33(13-11-32)16-25-30-26(31-39-25)19-4-6-21(7-5-19)38-28(2,3)27(35)36;1-15-31-20-10-19(6-7-22(20)40-15)38-14-18(36)11-35-9-8-34(12-21(35)24(30)37)13-23-32-25(39-33-23)16-2-4-17(5-3-16)26(27,28)29/h4-9,14,20,34H,10-13,15-17H2,1-3H3,(H,35,36);2-7,10,18,21,36H,8-9,11-14H2,1H3,(H2,30,37)/t20-;18-,21?/m00/s1. The van der Waals surface area contributed by atoms with E-state index in [0.29, 0.717) is 66.5 Å². The lowest BCUT2D eigenvalue weighted by molar-refractivity contribution is -0.152. The summed E-state index contributed by atoms with van der Waals surface area (Å²) < 4.78 is 68.5. The number of fused-ring (bicyclic) bond motifs is 2. The number of carbonyl (C=O) groups is 2. The van der Waals surface area contributed by atoms with Crippen LogP contribution in [-0.4, -0.2) is 173 Å². The molecule has 1 amide bonds. The van der Waals surface area contributed by atoms with Gasteiger partial charge in [-0.2, -0.15) is 23.1 Å². The summed E-state index contributed by atoms with van der Waals surface area (Å²) in [5, 5.41) is 40.4. The van der Waals surface area contributed by atoms with Crippen molar-refractivity contribution >= 4 is 55.0 Å². The highest BCUT2D eigenvalue weighted by molar-refractivity contribution is 7.18. The first kappa shape index (κ1) is 57.5. The van der Waals surface area contributed by atoms with Gasteiger partial charge in [-0.3, -0.25) is 24.4 Å². The first-order valence-electron chi connectivity index (χ1n) is 25.6. The van der Waals surface area contributed by atoms with E-state index in [-0.39, 0.29) is 38.7 Å². The number of carboxylic acid groups (broad SMARTS) is 1. The van der Waals surface area contributed by atoms with Gasteiger partial charge >= 0.3 is 12.1 Å². The van der Waals surface area contributed by atoms with Crippen LogP contribution in [0.2, 0.25) is 0 Å². The van der Waals surface area contributed by atoms with Gasteiger partial charge in [0.1, 0.15) is 48.7 Å². The zero-order valence-electron chi connectivity index (χ0n) is 44.2. The summed E-state index contributed by atoms with van der Waals surface area (Å²) in [4.78, 5) is 49.5. The smallest absolute Gasteiger partial charge is 0.416 e. The predicted octanol–water partition coefficient (Wildman–Crippen LogP) is 6.54. The maximum Gasteiger partial charge on any atom is 0.416 e. The molecule has 0 bridgehead atoms. The lowest BCUT2D eigenvalue weighted by Crippen LogP contribution is -2.59. The maximum absolute atomic E-state index is 12.8. The molecule has 0 saturated carbocycles. The number of carboxylic acids is 1. The monoisotopic (exact) mass is 1140 g/mol. The van der Waals surface area contributed by atoms with Crippen LogP contribution in [0.15, 0.2) is 94.0 Å². The number of amides is 1. The number of aliphatic hydroxyl groups excluding tert-OH is 2. The highest BCUT2D eigenvalue weighted by Gasteiger charge is 2.34. The van der Waals surface area contributed by atoms with Gasteiger partial charge in [-0.25, -0.2) is 14.8 Å². The van der Waals surface area contributed by atoms with E-state index in [1.807, 2.05) is 60.0 Å². The van der Waals surface area contributed by atoms with E-state index in [9.17, 15) is 38.1 Å². The van der Waals surface area contributed by atoms with Crippen molar-refractivity contribution in [2.75, 3.05) is 72.1 Å². The molecule has 2 saturated heterocycles. The van der Waals surface area contributed by atoms with Crippen LogP contribution < -0.4 is 19.9 Å². The molecule has 1 unspecified atom stereocenters. The number of nitrogens with zero attached hydrogens (tertiary/aromatic N) is 10. The van der Waals surface area contributed by atoms with Crippen molar-refractivity contribution in [2.45, 2.75) is 70.8 Å². The number of aliphatic carboxylic acids is 1. The average molecular weight is 1140 g/mol. The van der Waals surface area contributed by atoms with Gasteiger partial charge in [0.25, 0.3) is 5.89 Å². The Morgan fingerprint density at radius 2 is 1.26 bits per heavy atom. The second-order valence-electron chi connectivity index (χ2n) is 19.9. The van der Waals surface area contributed by atoms with Crippen LogP contribution in [0.5, 0.6) is 17.2 Å². The number of hydrogen-bond donors (Lipinski definition) is 4. The van der Waals surface area contributed by atoms with Crippen molar-refractivity contribution < 1.29 is 61.3 Å². The van der Waals surface area contributed by atoms with Crippen LogP contribution in [0, 0.1) is 13.8 Å². The molecule has 0 spiro atoms. The molecule has 0 radical (unpaired) electrons. The van der Waals surface area contributed by atoms with Crippen LogP contribution >= 0.6 is 22.7 Å². The van der Waals surface area contributed by atoms with Gasteiger partial charge in [-0.1, -0.05) is 10.3 Å². The average Bonchev–Trinajstić information content (AvgIpc) is 4.26. The number of nitrogens with two attached hydrogens (primary N) is 1. The minimum absolute atomic E-state index is 0.0376. The molecular formula is C54H60F3N11O10S2. The highest BCUT2D eigenvalue weighted by atomic mass is 32.1.